The van der Waals surface area contributed by atoms with E-state index in [4.69, 9.17) is 4.74 Å². The van der Waals surface area contributed by atoms with Crippen LogP contribution in [0.15, 0.2) is 79.4 Å². The van der Waals surface area contributed by atoms with Crippen LogP contribution in [0.2, 0.25) is 0 Å². The largest absolute Gasteiger partial charge is 0.457 e. The first-order chi connectivity index (χ1) is 14.1. The van der Waals surface area contributed by atoms with Gasteiger partial charge >= 0.3 is 0 Å². The number of hydrogen-bond acceptors (Lipinski definition) is 2. The minimum Gasteiger partial charge on any atom is -0.457 e. The molecule has 0 saturated heterocycles. The van der Waals surface area contributed by atoms with Crippen LogP contribution < -0.4 is 4.74 Å². The van der Waals surface area contributed by atoms with Crippen LogP contribution in [0.4, 0.5) is 0 Å². The topological polar surface area (TPSA) is 26.3 Å². The summed E-state index contributed by atoms with van der Waals surface area (Å²) in [6.45, 7) is 14.7. The molecular weight excluding hydrogens is 368 g/mol. The molecule has 0 unspecified atom stereocenters. The van der Waals surface area contributed by atoms with Gasteiger partial charge in [0.15, 0.2) is 5.78 Å². The summed E-state index contributed by atoms with van der Waals surface area (Å²) in [4.78, 5) is 12.3. The number of ether oxygens (including phenoxy) is 1. The number of ketones is 1. The first kappa shape index (κ1) is 21.6. The van der Waals surface area contributed by atoms with Crippen LogP contribution in [0.25, 0.3) is 5.57 Å². The van der Waals surface area contributed by atoms with Gasteiger partial charge in [0.25, 0.3) is 0 Å². The molecule has 154 valence electrons. The SMILES string of the molecule is C=C(c1ccc(Oc2ccc(C(C)(C)C)cc2)cc1)c1cccc(C(=O)C(C)C)c1. The highest BCUT2D eigenvalue weighted by molar-refractivity contribution is 5.98. The first-order valence-corrected chi connectivity index (χ1v) is 10.4. The van der Waals surface area contributed by atoms with Crippen LogP contribution in [0.3, 0.4) is 0 Å². The van der Waals surface area contributed by atoms with Crippen molar-refractivity contribution in [2.24, 2.45) is 5.92 Å². The molecule has 2 nitrogen and oxygen atoms in total. The van der Waals surface area contributed by atoms with Crippen LogP contribution in [0.1, 0.15) is 61.7 Å². The lowest BCUT2D eigenvalue weighted by molar-refractivity contribution is 0.0939. The molecule has 3 aromatic rings. The minimum absolute atomic E-state index is 0.0255. The van der Waals surface area contributed by atoms with E-state index in [9.17, 15) is 4.79 Å². The highest BCUT2D eigenvalue weighted by atomic mass is 16.5. The van der Waals surface area contributed by atoms with Gasteiger partial charge in [0.1, 0.15) is 11.5 Å². The zero-order chi connectivity index (χ0) is 21.9. The number of carbonyl (C=O) groups is 1. The third kappa shape index (κ3) is 5.07. The van der Waals surface area contributed by atoms with Gasteiger partial charge in [-0.25, -0.2) is 0 Å². The Morgan fingerprint density at radius 1 is 0.800 bits per heavy atom. The molecular formula is C28H30O2. The summed E-state index contributed by atoms with van der Waals surface area (Å²) in [5.74, 6) is 1.71. The van der Waals surface area contributed by atoms with Crippen molar-refractivity contribution in [3.8, 4) is 11.5 Å². The monoisotopic (exact) mass is 398 g/mol. The van der Waals surface area contributed by atoms with Crippen LogP contribution in [-0.2, 0) is 5.41 Å². The highest BCUT2D eigenvalue weighted by Gasteiger charge is 2.14. The normalized spacial score (nSPS) is 11.4. The van der Waals surface area contributed by atoms with Gasteiger partial charge in [-0.3, -0.25) is 4.79 Å². The van der Waals surface area contributed by atoms with Crippen molar-refractivity contribution in [2.75, 3.05) is 0 Å². The first-order valence-electron chi connectivity index (χ1n) is 10.4. The molecule has 0 amide bonds. The Labute approximate surface area is 180 Å². The Morgan fingerprint density at radius 3 is 1.87 bits per heavy atom. The van der Waals surface area contributed by atoms with E-state index in [1.165, 1.54) is 5.56 Å². The molecule has 0 spiro atoms. The molecule has 2 heteroatoms. The summed E-state index contributed by atoms with van der Waals surface area (Å²) in [6.07, 6.45) is 0. The fourth-order valence-electron chi connectivity index (χ4n) is 3.24. The van der Waals surface area contributed by atoms with Crippen molar-refractivity contribution in [3.05, 3.63) is 102 Å². The Bertz CT molecular complexity index is 1030. The lowest BCUT2D eigenvalue weighted by atomic mass is 9.87. The van der Waals surface area contributed by atoms with E-state index in [-0.39, 0.29) is 17.1 Å². The number of hydrogen-bond donors (Lipinski definition) is 0. The molecule has 30 heavy (non-hydrogen) atoms. The summed E-state index contributed by atoms with van der Waals surface area (Å²) < 4.78 is 5.99. The second-order valence-corrected chi connectivity index (χ2v) is 8.98. The second kappa shape index (κ2) is 8.71. The zero-order valence-electron chi connectivity index (χ0n) is 18.5. The lowest BCUT2D eigenvalue weighted by Gasteiger charge is -2.19. The van der Waals surface area contributed by atoms with Gasteiger partial charge in [-0.1, -0.05) is 83.7 Å². The molecule has 0 radical (unpaired) electrons. The quantitative estimate of drug-likeness (QED) is 0.398. The maximum absolute atomic E-state index is 12.3. The molecule has 0 saturated carbocycles. The van der Waals surface area contributed by atoms with Gasteiger partial charge < -0.3 is 4.74 Å². The van der Waals surface area contributed by atoms with E-state index in [0.717, 1.165) is 33.8 Å². The minimum atomic E-state index is -0.0255. The second-order valence-electron chi connectivity index (χ2n) is 8.98. The van der Waals surface area contributed by atoms with Crippen LogP contribution in [0.5, 0.6) is 11.5 Å². The molecule has 0 aliphatic rings. The molecule has 0 N–H and O–H groups in total. The maximum atomic E-state index is 12.3. The van der Waals surface area contributed by atoms with Crippen molar-refractivity contribution >= 4 is 11.4 Å². The maximum Gasteiger partial charge on any atom is 0.165 e. The number of benzene rings is 3. The van der Waals surface area contributed by atoms with E-state index in [0.29, 0.717) is 0 Å². The molecule has 0 heterocycles. The Morgan fingerprint density at radius 2 is 1.33 bits per heavy atom. The Hall–Kier alpha value is -3.13. The van der Waals surface area contributed by atoms with Gasteiger partial charge in [-0.05, 0) is 58.0 Å². The molecule has 0 bridgehead atoms. The van der Waals surface area contributed by atoms with E-state index in [2.05, 4.69) is 39.5 Å². The fraction of sp³-hybridized carbons (Fsp3) is 0.250. The summed E-state index contributed by atoms with van der Waals surface area (Å²) in [6, 6.07) is 23.8. The van der Waals surface area contributed by atoms with E-state index in [1.54, 1.807) is 0 Å². The van der Waals surface area contributed by atoms with Crippen LogP contribution in [-0.4, -0.2) is 5.78 Å². The van der Waals surface area contributed by atoms with E-state index >= 15 is 0 Å². The lowest BCUT2D eigenvalue weighted by Crippen LogP contribution is -2.10. The van der Waals surface area contributed by atoms with Gasteiger partial charge in [-0.2, -0.15) is 0 Å². The molecule has 0 fully saturated rings. The van der Waals surface area contributed by atoms with Crippen molar-refractivity contribution in [2.45, 2.75) is 40.0 Å². The van der Waals surface area contributed by atoms with E-state index < -0.39 is 0 Å². The molecule has 3 aromatic carbocycles. The number of rotatable bonds is 6. The number of carbonyl (C=O) groups excluding carboxylic acids is 1. The smallest absolute Gasteiger partial charge is 0.165 e. The summed E-state index contributed by atoms with van der Waals surface area (Å²) in [5, 5.41) is 0. The fourth-order valence-corrected chi connectivity index (χ4v) is 3.24. The molecule has 0 aliphatic heterocycles. The van der Waals surface area contributed by atoms with Gasteiger partial charge in [0.2, 0.25) is 0 Å². The van der Waals surface area contributed by atoms with Crippen molar-refractivity contribution in [1.29, 1.82) is 0 Å². The van der Waals surface area contributed by atoms with Crippen molar-refractivity contribution in [1.82, 2.24) is 0 Å². The van der Waals surface area contributed by atoms with Gasteiger partial charge in [0, 0.05) is 11.5 Å². The average Bonchev–Trinajstić information content (AvgIpc) is 2.73. The predicted octanol–water partition coefficient (Wildman–Crippen LogP) is 7.68. The van der Waals surface area contributed by atoms with Gasteiger partial charge in [0.05, 0.1) is 0 Å². The number of Topliss-reactive ketones (excluding diaryl/α,β-unsaturated/α-hetero) is 1. The van der Waals surface area contributed by atoms with Crippen molar-refractivity contribution < 1.29 is 9.53 Å². The summed E-state index contributed by atoms with van der Waals surface area (Å²) >= 11 is 0. The zero-order valence-corrected chi connectivity index (χ0v) is 18.5. The van der Waals surface area contributed by atoms with Crippen LogP contribution >= 0.6 is 0 Å². The standard InChI is InChI=1S/C28H30O2/c1-19(2)27(29)23-9-7-8-22(18-23)20(3)21-10-14-25(15-11-21)30-26-16-12-24(13-17-26)28(4,5)6/h7-19H,3H2,1-2,4-6H3. The molecule has 0 aromatic heterocycles. The van der Waals surface area contributed by atoms with Crippen molar-refractivity contribution in [3.63, 3.8) is 0 Å². The summed E-state index contributed by atoms with van der Waals surface area (Å²) in [5.41, 5.74) is 4.96. The highest BCUT2D eigenvalue weighted by Crippen LogP contribution is 2.29. The van der Waals surface area contributed by atoms with E-state index in [1.807, 2.05) is 74.5 Å². The average molecular weight is 399 g/mol. The molecule has 0 aliphatic carbocycles. The Kier molecular flexibility index (Phi) is 6.26. The molecule has 0 atom stereocenters. The molecule has 3 rings (SSSR count). The summed E-state index contributed by atoms with van der Waals surface area (Å²) in [7, 11) is 0. The predicted molar refractivity (Wildman–Crippen MR) is 125 cm³/mol. The Balaban J connectivity index is 1.73. The van der Waals surface area contributed by atoms with Gasteiger partial charge in [-0.15, -0.1) is 0 Å². The third-order valence-corrected chi connectivity index (χ3v) is 5.18. The van der Waals surface area contributed by atoms with Crippen LogP contribution in [0, 0.1) is 5.92 Å². The third-order valence-electron chi connectivity index (χ3n) is 5.18.